The Morgan fingerprint density at radius 1 is 1.21 bits per heavy atom. The van der Waals surface area contributed by atoms with Gasteiger partial charge in [-0.1, -0.05) is 75.7 Å². The highest BCUT2D eigenvalue weighted by Crippen LogP contribution is 2.37. The van der Waals surface area contributed by atoms with Gasteiger partial charge in [0.1, 0.15) is 0 Å². The lowest BCUT2D eigenvalue weighted by Gasteiger charge is -2.36. The Labute approximate surface area is 209 Å². The van der Waals surface area contributed by atoms with E-state index in [0.717, 1.165) is 12.0 Å². The maximum absolute atomic E-state index is 13.3. The lowest BCUT2D eigenvalue weighted by atomic mass is 9.87. The number of carbonyl (C=O) groups excluding carboxylic acids is 1. The van der Waals surface area contributed by atoms with Gasteiger partial charge in [-0.05, 0) is 48.2 Å². The summed E-state index contributed by atoms with van der Waals surface area (Å²) in [6.07, 6.45) is 7.52. The Morgan fingerprint density at radius 3 is 2.55 bits per heavy atom. The van der Waals surface area contributed by atoms with Crippen LogP contribution in [0.2, 0.25) is 28.2 Å². The first-order chi connectivity index (χ1) is 15.5. The van der Waals surface area contributed by atoms with Crippen LogP contribution in [0.3, 0.4) is 0 Å². The molecular weight excluding hydrogens is 473 g/mol. The van der Waals surface area contributed by atoms with Crippen LogP contribution in [0.5, 0.6) is 0 Å². The van der Waals surface area contributed by atoms with Crippen LogP contribution in [0.25, 0.3) is 0 Å². The second-order valence-corrected chi connectivity index (χ2v) is 16.3. The fourth-order valence-electron chi connectivity index (χ4n) is 4.08. The van der Waals surface area contributed by atoms with Gasteiger partial charge in [0.25, 0.3) is 0 Å². The third-order valence-electron chi connectivity index (χ3n) is 7.19. The lowest BCUT2D eigenvalue weighted by Crippen LogP contribution is -2.41. The maximum atomic E-state index is 13.3. The zero-order valence-corrected chi connectivity index (χ0v) is 23.0. The molecule has 1 aromatic heterocycles. The first-order valence-electron chi connectivity index (χ1n) is 11.9. The van der Waals surface area contributed by atoms with Crippen molar-refractivity contribution < 1.29 is 9.22 Å². The minimum Gasteiger partial charge on any atom is -0.415 e. The number of halogens is 2. The third-order valence-corrected chi connectivity index (χ3v) is 12.5. The van der Waals surface area contributed by atoms with E-state index < -0.39 is 8.32 Å². The molecule has 0 unspecified atom stereocenters. The van der Waals surface area contributed by atoms with Crippen molar-refractivity contribution in [1.82, 2.24) is 9.78 Å². The van der Waals surface area contributed by atoms with Crippen molar-refractivity contribution in [2.24, 2.45) is 5.92 Å². The number of nitrogens with zero attached hydrogens (tertiary/aromatic N) is 2. The third kappa shape index (κ3) is 7.07. The zero-order valence-electron chi connectivity index (χ0n) is 20.5. The van der Waals surface area contributed by atoms with Gasteiger partial charge in [0.2, 0.25) is 5.91 Å². The van der Waals surface area contributed by atoms with Gasteiger partial charge in [0, 0.05) is 12.3 Å². The first kappa shape index (κ1) is 26.3. The summed E-state index contributed by atoms with van der Waals surface area (Å²) in [7, 11) is -1.79. The van der Waals surface area contributed by atoms with E-state index in [9.17, 15) is 4.79 Å². The molecule has 1 aromatic carbocycles. The van der Waals surface area contributed by atoms with Crippen LogP contribution >= 0.6 is 23.2 Å². The molecule has 0 aliphatic heterocycles. The van der Waals surface area contributed by atoms with E-state index in [0.29, 0.717) is 34.9 Å². The summed E-state index contributed by atoms with van der Waals surface area (Å²) in [5.41, 5.74) is 0.899. The molecule has 182 valence electrons. The predicted molar refractivity (Wildman–Crippen MR) is 140 cm³/mol. The normalized spacial score (nSPS) is 16.2. The van der Waals surface area contributed by atoms with Crippen LogP contribution < -0.4 is 5.32 Å². The van der Waals surface area contributed by atoms with Gasteiger partial charge in [-0.2, -0.15) is 5.10 Å². The summed E-state index contributed by atoms with van der Waals surface area (Å²) >= 11 is 12.4. The van der Waals surface area contributed by atoms with Gasteiger partial charge in [-0.15, -0.1) is 0 Å². The van der Waals surface area contributed by atoms with Gasteiger partial charge >= 0.3 is 0 Å². The predicted octanol–water partition coefficient (Wildman–Crippen LogP) is 7.51. The van der Waals surface area contributed by atoms with Crippen molar-refractivity contribution in [3.8, 4) is 0 Å². The Morgan fingerprint density at radius 2 is 1.91 bits per heavy atom. The fraction of sp³-hybridized carbons (Fsp3) is 0.600. The molecule has 8 heteroatoms. The van der Waals surface area contributed by atoms with Crippen molar-refractivity contribution in [3.05, 3.63) is 46.1 Å². The number of aromatic nitrogens is 2. The number of nitrogens with one attached hydrogen (secondary N) is 1. The van der Waals surface area contributed by atoms with Gasteiger partial charge in [-0.3, -0.25) is 9.48 Å². The summed E-state index contributed by atoms with van der Waals surface area (Å²) in [5.74, 6) is 0.780. The van der Waals surface area contributed by atoms with Gasteiger partial charge < -0.3 is 9.74 Å². The van der Waals surface area contributed by atoms with Gasteiger partial charge in [-0.25, -0.2) is 0 Å². The molecule has 1 heterocycles. The average molecular weight is 511 g/mol. The number of hydrogen-bond acceptors (Lipinski definition) is 3. The van der Waals surface area contributed by atoms with Crippen molar-refractivity contribution in [2.45, 2.75) is 83.5 Å². The van der Waals surface area contributed by atoms with E-state index in [1.54, 1.807) is 6.07 Å². The molecule has 1 amide bonds. The Hall–Kier alpha value is -1.34. The molecule has 5 nitrogen and oxygen atoms in total. The highest BCUT2D eigenvalue weighted by Gasteiger charge is 2.37. The second-order valence-electron chi connectivity index (χ2n) is 10.7. The molecule has 3 rings (SSSR count). The summed E-state index contributed by atoms with van der Waals surface area (Å²) in [6, 6.07) is 7.33. The molecule has 1 saturated carbocycles. The minimum absolute atomic E-state index is 0.0527. The summed E-state index contributed by atoms with van der Waals surface area (Å²) in [6.45, 7) is 12.5. The van der Waals surface area contributed by atoms with Crippen molar-refractivity contribution >= 4 is 43.2 Å². The smallest absolute Gasteiger partial charge is 0.233 e. The van der Waals surface area contributed by atoms with E-state index in [-0.39, 0.29) is 16.9 Å². The van der Waals surface area contributed by atoms with Crippen molar-refractivity contribution in [2.75, 3.05) is 11.9 Å². The molecule has 1 aliphatic carbocycles. The standard InChI is InChI=1S/C25H37Cl2N3O2Si/c1-25(2,3)33(4,5)32-15-14-30-13-12-23(29-30)28-24(31)20(16-18-8-6-7-9-18)19-10-11-21(26)22(27)17-19/h10-13,17-18,20H,6-9,14-16H2,1-5H3,(H,28,29,31)/t20-/m1/s1. The second kappa shape index (κ2) is 10.9. The van der Waals surface area contributed by atoms with Crippen LogP contribution in [0.15, 0.2) is 30.5 Å². The molecule has 1 aliphatic rings. The minimum atomic E-state index is -1.79. The van der Waals surface area contributed by atoms with Gasteiger partial charge in [0.15, 0.2) is 14.1 Å². The molecule has 0 radical (unpaired) electrons. The summed E-state index contributed by atoms with van der Waals surface area (Å²) in [4.78, 5) is 13.3. The van der Waals surface area contributed by atoms with Crippen LogP contribution in [0, 0.1) is 5.92 Å². The van der Waals surface area contributed by atoms with E-state index in [2.05, 4.69) is 44.3 Å². The molecule has 2 aromatic rings. The lowest BCUT2D eigenvalue weighted by molar-refractivity contribution is -0.118. The largest absolute Gasteiger partial charge is 0.415 e. The molecule has 0 saturated heterocycles. The number of rotatable bonds is 9. The molecule has 0 spiro atoms. The number of anilines is 1. The molecule has 1 fully saturated rings. The van der Waals surface area contributed by atoms with E-state index in [1.807, 2.05) is 29.1 Å². The molecule has 0 bridgehead atoms. The summed E-state index contributed by atoms with van der Waals surface area (Å²) in [5, 5.41) is 8.72. The summed E-state index contributed by atoms with van der Waals surface area (Å²) < 4.78 is 8.07. The van der Waals surface area contributed by atoms with Crippen LogP contribution in [-0.4, -0.2) is 30.6 Å². The quantitative estimate of drug-likeness (QED) is 0.355. The van der Waals surface area contributed by atoms with Crippen molar-refractivity contribution in [3.63, 3.8) is 0 Å². The highest BCUT2D eigenvalue weighted by atomic mass is 35.5. The Balaban J connectivity index is 1.64. The van der Waals surface area contributed by atoms with E-state index in [1.165, 1.54) is 25.7 Å². The molecular formula is C25H37Cl2N3O2Si. The molecule has 33 heavy (non-hydrogen) atoms. The fourth-order valence-corrected chi connectivity index (χ4v) is 5.42. The topological polar surface area (TPSA) is 56.1 Å². The number of benzene rings is 1. The first-order valence-corrected chi connectivity index (χ1v) is 15.6. The van der Waals surface area contributed by atoms with Crippen LogP contribution in [0.4, 0.5) is 5.82 Å². The van der Waals surface area contributed by atoms with Crippen LogP contribution in [0.1, 0.15) is 64.4 Å². The Bertz CT molecular complexity index is 949. The van der Waals surface area contributed by atoms with Crippen molar-refractivity contribution in [1.29, 1.82) is 0 Å². The molecule has 1 N–H and O–H groups in total. The molecule has 1 atom stereocenters. The van der Waals surface area contributed by atoms with E-state index >= 15 is 0 Å². The highest BCUT2D eigenvalue weighted by molar-refractivity contribution is 6.74. The Kier molecular flexibility index (Phi) is 8.70. The number of amides is 1. The van der Waals surface area contributed by atoms with Crippen LogP contribution in [-0.2, 0) is 15.8 Å². The van der Waals surface area contributed by atoms with Gasteiger partial charge in [0.05, 0.1) is 29.1 Å². The average Bonchev–Trinajstić information content (AvgIpc) is 3.39. The SMILES string of the molecule is CC(C)(C)[Si](C)(C)OCCn1ccc(NC(=O)[C@H](CC2CCCC2)c2ccc(Cl)c(Cl)c2)n1. The van der Waals surface area contributed by atoms with E-state index in [4.69, 9.17) is 27.6 Å². The maximum Gasteiger partial charge on any atom is 0.233 e. The monoisotopic (exact) mass is 509 g/mol. The zero-order chi connectivity index (χ0) is 24.2. The number of hydrogen-bond donors (Lipinski definition) is 1. The number of carbonyl (C=O) groups is 1.